The second kappa shape index (κ2) is 6.59. The Kier molecular flexibility index (Phi) is 4.82. The first kappa shape index (κ1) is 13.9. The van der Waals surface area contributed by atoms with Crippen LogP contribution in [0.2, 0.25) is 0 Å². The van der Waals surface area contributed by atoms with Gasteiger partial charge in [0.1, 0.15) is 0 Å². The van der Waals surface area contributed by atoms with Crippen LogP contribution in [0.4, 0.5) is 4.79 Å². The number of hydrogen-bond acceptors (Lipinski definition) is 2. The Morgan fingerprint density at radius 2 is 1.95 bits per heavy atom. The van der Waals surface area contributed by atoms with Crippen LogP contribution >= 0.6 is 0 Å². The number of carbonyl (C=O) groups is 2. The largest absolute Gasteiger partial charge is 0.481 e. The van der Waals surface area contributed by atoms with Gasteiger partial charge in [-0.15, -0.1) is 0 Å². The maximum atomic E-state index is 12.0. The fourth-order valence-corrected chi connectivity index (χ4v) is 2.71. The smallest absolute Gasteiger partial charge is 0.317 e. The molecule has 0 radical (unpaired) electrons. The SMILES string of the molecule is O=C(O)C1CCN(C(=O)NCC2CC=CCC2)CC1. The molecule has 2 amide bonds. The Labute approximate surface area is 113 Å². The number of allylic oxidation sites excluding steroid dienone is 2. The van der Waals surface area contributed by atoms with E-state index in [0.717, 1.165) is 25.8 Å². The number of amides is 2. The number of piperidine rings is 1. The van der Waals surface area contributed by atoms with E-state index < -0.39 is 5.97 Å². The number of rotatable bonds is 3. The van der Waals surface area contributed by atoms with Gasteiger partial charge < -0.3 is 15.3 Å². The lowest BCUT2D eigenvalue weighted by Crippen LogP contribution is -2.46. The zero-order valence-corrected chi connectivity index (χ0v) is 11.2. The first-order chi connectivity index (χ1) is 9.16. The minimum absolute atomic E-state index is 0.0432. The maximum absolute atomic E-state index is 12.0. The third kappa shape index (κ3) is 3.98. The summed E-state index contributed by atoms with van der Waals surface area (Å²) in [6.45, 7) is 1.82. The summed E-state index contributed by atoms with van der Waals surface area (Å²) in [5.74, 6) is -0.480. The highest BCUT2D eigenvalue weighted by molar-refractivity contribution is 5.75. The minimum Gasteiger partial charge on any atom is -0.481 e. The van der Waals surface area contributed by atoms with Gasteiger partial charge in [0.25, 0.3) is 0 Å². The van der Waals surface area contributed by atoms with E-state index in [0.29, 0.717) is 31.8 Å². The van der Waals surface area contributed by atoms with E-state index in [1.54, 1.807) is 4.90 Å². The van der Waals surface area contributed by atoms with Crippen molar-refractivity contribution >= 4 is 12.0 Å². The van der Waals surface area contributed by atoms with Crippen LogP contribution in [-0.4, -0.2) is 41.6 Å². The third-order valence-corrected chi connectivity index (χ3v) is 4.05. The summed E-state index contributed by atoms with van der Waals surface area (Å²) >= 11 is 0. The van der Waals surface area contributed by atoms with Crippen molar-refractivity contribution in [3.63, 3.8) is 0 Å². The number of nitrogens with zero attached hydrogens (tertiary/aromatic N) is 1. The fourth-order valence-electron chi connectivity index (χ4n) is 2.71. The normalized spacial score (nSPS) is 24.2. The number of hydrogen-bond donors (Lipinski definition) is 2. The number of urea groups is 1. The Bertz CT molecular complexity index is 360. The summed E-state index contributed by atoms with van der Waals surface area (Å²) in [6.07, 6.45) is 8.78. The highest BCUT2D eigenvalue weighted by Crippen LogP contribution is 2.19. The summed E-state index contributed by atoms with van der Waals surface area (Å²) in [4.78, 5) is 24.5. The van der Waals surface area contributed by atoms with E-state index in [1.807, 2.05) is 0 Å². The number of carbonyl (C=O) groups excluding carboxylic acids is 1. The quantitative estimate of drug-likeness (QED) is 0.766. The van der Waals surface area contributed by atoms with Crippen molar-refractivity contribution in [2.24, 2.45) is 11.8 Å². The van der Waals surface area contributed by atoms with Gasteiger partial charge in [0.05, 0.1) is 5.92 Å². The van der Waals surface area contributed by atoms with Crippen LogP contribution in [0.25, 0.3) is 0 Å². The zero-order valence-electron chi connectivity index (χ0n) is 11.2. The molecule has 1 aliphatic heterocycles. The molecule has 0 bridgehead atoms. The summed E-state index contributed by atoms with van der Waals surface area (Å²) in [7, 11) is 0. The topological polar surface area (TPSA) is 69.6 Å². The number of carboxylic acid groups (broad SMARTS) is 1. The molecule has 1 saturated heterocycles. The zero-order chi connectivity index (χ0) is 13.7. The second-order valence-electron chi connectivity index (χ2n) is 5.44. The van der Waals surface area contributed by atoms with E-state index in [4.69, 9.17) is 5.11 Å². The van der Waals surface area contributed by atoms with Gasteiger partial charge in [-0.25, -0.2) is 4.79 Å². The van der Waals surface area contributed by atoms with Crippen LogP contribution in [0.15, 0.2) is 12.2 Å². The Hall–Kier alpha value is -1.52. The molecule has 5 heteroatoms. The molecule has 19 heavy (non-hydrogen) atoms. The summed E-state index contributed by atoms with van der Waals surface area (Å²) in [6, 6.07) is -0.0432. The molecule has 0 aromatic carbocycles. The molecule has 1 aliphatic carbocycles. The van der Waals surface area contributed by atoms with E-state index >= 15 is 0 Å². The monoisotopic (exact) mass is 266 g/mol. The number of likely N-dealkylation sites (tertiary alicyclic amines) is 1. The molecule has 1 fully saturated rings. The molecule has 1 unspecified atom stereocenters. The summed E-state index contributed by atoms with van der Waals surface area (Å²) in [5, 5.41) is 11.9. The lowest BCUT2D eigenvalue weighted by molar-refractivity contribution is -0.143. The van der Waals surface area contributed by atoms with E-state index in [1.165, 1.54) is 0 Å². The minimum atomic E-state index is -0.742. The molecule has 0 aromatic heterocycles. The van der Waals surface area contributed by atoms with Gasteiger partial charge in [0, 0.05) is 19.6 Å². The molecular weight excluding hydrogens is 244 g/mol. The fraction of sp³-hybridized carbons (Fsp3) is 0.714. The van der Waals surface area contributed by atoms with E-state index in [-0.39, 0.29) is 11.9 Å². The molecule has 5 nitrogen and oxygen atoms in total. The van der Waals surface area contributed by atoms with Crippen molar-refractivity contribution in [2.75, 3.05) is 19.6 Å². The molecule has 2 aliphatic rings. The lowest BCUT2D eigenvalue weighted by atomic mass is 9.94. The van der Waals surface area contributed by atoms with Crippen LogP contribution in [0.5, 0.6) is 0 Å². The van der Waals surface area contributed by atoms with Gasteiger partial charge in [0.15, 0.2) is 0 Å². The van der Waals surface area contributed by atoms with Crippen molar-refractivity contribution in [3.05, 3.63) is 12.2 Å². The van der Waals surface area contributed by atoms with Gasteiger partial charge in [-0.2, -0.15) is 0 Å². The predicted octanol–water partition coefficient (Wildman–Crippen LogP) is 1.85. The highest BCUT2D eigenvalue weighted by Gasteiger charge is 2.27. The molecule has 1 heterocycles. The van der Waals surface area contributed by atoms with Crippen molar-refractivity contribution in [3.8, 4) is 0 Å². The highest BCUT2D eigenvalue weighted by atomic mass is 16.4. The Morgan fingerprint density at radius 3 is 2.53 bits per heavy atom. The second-order valence-corrected chi connectivity index (χ2v) is 5.44. The lowest BCUT2D eigenvalue weighted by Gasteiger charge is -2.30. The van der Waals surface area contributed by atoms with Crippen molar-refractivity contribution in [2.45, 2.75) is 32.1 Å². The van der Waals surface area contributed by atoms with Crippen LogP contribution in [0, 0.1) is 11.8 Å². The molecule has 0 aromatic rings. The van der Waals surface area contributed by atoms with Crippen LogP contribution in [0.1, 0.15) is 32.1 Å². The van der Waals surface area contributed by atoms with Gasteiger partial charge >= 0.3 is 12.0 Å². The van der Waals surface area contributed by atoms with Crippen LogP contribution in [0.3, 0.4) is 0 Å². The van der Waals surface area contributed by atoms with Gasteiger partial charge in [-0.3, -0.25) is 4.79 Å². The predicted molar refractivity (Wildman–Crippen MR) is 71.8 cm³/mol. The summed E-state index contributed by atoms with van der Waals surface area (Å²) < 4.78 is 0. The van der Waals surface area contributed by atoms with Crippen molar-refractivity contribution in [1.82, 2.24) is 10.2 Å². The third-order valence-electron chi connectivity index (χ3n) is 4.05. The van der Waals surface area contributed by atoms with Gasteiger partial charge in [-0.05, 0) is 38.0 Å². The molecule has 1 atom stereocenters. The first-order valence-corrected chi connectivity index (χ1v) is 7.07. The first-order valence-electron chi connectivity index (χ1n) is 7.07. The standard InChI is InChI=1S/C14H22N2O3/c17-13(18)12-6-8-16(9-7-12)14(19)15-10-11-4-2-1-3-5-11/h1-2,11-12H,3-10H2,(H,15,19)(H,17,18). The van der Waals surface area contributed by atoms with Gasteiger partial charge in [-0.1, -0.05) is 12.2 Å². The number of nitrogens with one attached hydrogen (secondary N) is 1. The van der Waals surface area contributed by atoms with Crippen LogP contribution in [-0.2, 0) is 4.79 Å². The average molecular weight is 266 g/mol. The van der Waals surface area contributed by atoms with Crippen molar-refractivity contribution < 1.29 is 14.7 Å². The van der Waals surface area contributed by atoms with E-state index in [2.05, 4.69) is 17.5 Å². The molecule has 0 saturated carbocycles. The number of aliphatic carboxylic acids is 1. The molecule has 2 rings (SSSR count). The Morgan fingerprint density at radius 1 is 1.21 bits per heavy atom. The van der Waals surface area contributed by atoms with Crippen LogP contribution < -0.4 is 5.32 Å². The van der Waals surface area contributed by atoms with E-state index in [9.17, 15) is 9.59 Å². The molecular formula is C14H22N2O3. The molecule has 0 spiro atoms. The molecule has 106 valence electrons. The summed E-state index contributed by atoms with van der Waals surface area (Å²) in [5.41, 5.74) is 0. The van der Waals surface area contributed by atoms with Crippen molar-refractivity contribution in [1.29, 1.82) is 0 Å². The van der Waals surface area contributed by atoms with Gasteiger partial charge in [0.2, 0.25) is 0 Å². The average Bonchev–Trinajstić information content (AvgIpc) is 2.46. The maximum Gasteiger partial charge on any atom is 0.317 e. The number of carboxylic acids is 1. The molecule has 2 N–H and O–H groups in total. The Balaban J connectivity index is 1.69.